The molecule has 1 unspecified atom stereocenters. The molecule has 0 aromatic heterocycles. The predicted molar refractivity (Wildman–Crippen MR) is 51.5 cm³/mol. The van der Waals surface area contributed by atoms with E-state index in [1.54, 1.807) is 0 Å². The summed E-state index contributed by atoms with van der Waals surface area (Å²) < 4.78 is 23.4. The summed E-state index contributed by atoms with van der Waals surface area (Å²) in [6.45, 7) is 3.70. The van der Waals surface area contributed by atoms with Crippen LogP contribution in [0.25, 0.3) is 0 Å². The van der Waals surface area contributed by atoms with Crippen LogP contribution in [-0.2, 0) is 9.59 Å². The second-order valence-corrected chi connectivity index (χ2v) is 3.22. The highest BCUT2D eigenvalue weighted by atomic mass is 19.3. The van der Waals surface area contributed by atoms with E-state index in [1.807, 2.05) is 19.2 Å². The highest BCUT2D eigenvalue weighted by Crippen LogP contribution is 1.92. The van der Waals surface area contributed by atoms with Crippen LogP contribution in [0, 0.1) is 0 Å². The quantitative estimate of drug-likeness (QED) is 0.694. The maximum Gasteiger partial charge on any atom is 0.315 e. The highest BCUT2D eigenvalue weighted by Gasteiger charge is 2.14. The van der Waals surface area contributed by atoms with E-state index in [0.29, 0.717) is 0 Å². The summed E-state index contributed by atoms with van der Waals surface area (Å²) >= 11 is 0. The number of hydrogen-bond acceptors (Lipinski definition) is 2. The molecule has 4 nitrogen and oxygen atoms in total. The van der Waals surface area contributed by atoms with Gasteiger partial charge in [0.1, 0.15) is 0 Å². The number of carbonyl (C=O) groups excluding carboxylic acids is 2. The van der Waals surface area contributed by atoms with Crippen LogP contribution in [0.4, 0.5) is 8.78 Å². The third-order valence-corrected chi connectivity index (χ3v) is 1.87. The first kappa shape index (κ1) is 13.8. The van der Waals surface area contributed by atoms with Gasteiger partial charge < -0.3 is 10.6 Å². The first-order valence-corrected chi connectivity index (χ1v) is 4.82. The van der Waals surface area contributed by atoms with Crippen LogP contribution in [0.15, 0.2) is 0 Å². The molecule has 0 radical (unpaired) electrons. The number of nitrogens with one attached hydrogen (secondary N) is 2. The van der Waals surface area contributed by atoms with Gasteiger partial charge in [-0.1, -0.05) is 6.92 Å². The first-order valence-electron chi connectivity index (χ1n) is 4.82. The lowest BCUT2D eigenvalue weighted by molar-refractivity contribution is -0.131. The Balaban J connectivity index is 3.60. The molecule has 0 aliphatic rings. The SMILES string of the molecule is CCC(C)NC(=O)CCNC(=O)C(F)F. The molecule has 2 amide bonds. The molecule has 6 heteroatoms. The van der Waals surface area contributed by atoms with E-state index in [9.17, 15) is 18.4 Å². The van der Waals surface area contributed by atoms with Gasteiger partial charge in [0.25, 0.3) is 5.91 Å². The molecule has 0 aromatic carbocycles. The second kappa shape index (κ2) is 7.14. The second-order valence-electron chi connectivity index (χ2n) is 3.22. The summed E-state index contributed by atoms with van der Waals surface area (Å²) in [5, 5.41) is 4.61. The molecule has 0 spiro atoms. The molecule has 0 heterocycles. The van der Waals surface area contributed by atoms with Gasteiger partial charge in [-0.25, -0.2) is 0 Å². The average Bonchev–Trinajstić information content (AvgIpc) is 2.17. The minimum atomic E-state index is -3.03. The zero-order valence-corrected chi connectivity index (χ0v) is 8.85. The lowest BCUT2D eigenvalue weighted by atomic mass is 10.2. The van der Waals surface area contributed by atoms with E-state index in [4.69, 9.17) is 0 Å². The Morgan fingerprint density at radius 3 is 2.40 bits per heavy atom. The molecule has 1 atom stereocenters. The van der Waals surface area contributed by atoms with Crippen LogP contribution >= 0.6 is 0 Å². The standard InChI is InChI=1S/C9H16F2N2O2/c1-3-6(2)13-7(14)4-5-12-9(15)8(10)11/h6,8H,3-5H2,1-2H3,(H,12,15)(H,13,14). The number of hydrogen-bond donors (Lipinski definition) is 2. The normalized spacial score (nSPS) is 12.3. The van der Waals surface area contributed by atoms with Crippen molar-refractivity contribution in [2.75, 3.05) is 6.54 Å². The molecular formula is C9H16F2N2O2. The fourth-order valence-electron chi connectivity index (χ4n) is 0.825. The van der Waals surface area contributed by atoms with Crippen LogP contribution in [0.5, 0.6) is 0 Å². The summed E-state index contributed by atoms with van der Waals surface area (Å²) in [6, 6.07) is 0.0586. The summed E-state index contributed by atoms with van der Waals surface area (Å²) in [5.41, 5.74) is 0. The Morgan fingerprint density at radius 2 is 1.93 bits per heavy atom. The Labute approximate surface area is 87.4 Å². The molecule has 2 N–H and O–H groups in total. The number of amides is 2. The maximum absolute atomic E-state index is 11.7. The third-order valence-electron chi connectivity index (χ3n) is 1.87. The number of carbonyl (C=O) groups is 2. The first-order chi connectivity index (χ1) is 6.97. The molecule has 0 saturated heterocycles. The van der Waals surface area contributed by atoms with Gasteiger partial charge in [0.15, 0.2) is 0 Å². The largest absolute Gasteiger partial charge is 0.354 e. The molecule has 0 aliphatic carbocycles. The van der Waals surface area contributed by atoms with Crippen molar-refractivity contribution in [3.8, 4) is 0 Å². The molecule has 0 fully saturated rings. The molecule has 0 rings (SSSR count). The van der Waals surface area contributed by atoms with E-state index in [0.717, 1.165) is 6.42 Å². The fourth-order valence-corrected chi connectivity index (χ4v) is 0.825. The molecule has 0 aromatic rings. The van der Waals surface area contributed by atoms with Crippen LogP contribution in [-0.4, -0.2) is 30.8 Å². The van der Waals surface area contributed by atoms with E-state index < -0.39 is 12.3 Å². The molecule has 0 saturated carbocycles. The Morgan fingerprint density at radius 1 is 1.33 bits per heavy atom. The van der Waals surface area contributed by atoms with Crippen LogP contribution in [0.3, 0.4) is 0 Å². The zero-order valence-electron chi connectivity index (χ0n) is 8.85. The van der Waals surface area contributed by atoms with Crippen LogP contribution < -0.4 is 10.6 Å². The van der Waals surface area contributed by atoms with Crippen molar-refractivity contribution in [2.45, 2.75) is 39.2 Å². The summed E-state index contributed by atoms with van der Waals surface area (Å²) in [6.07, 6.45) is -2.21. The van der Waals surface area contributed by atoms with Crippen molar-refractivity contribution in [1.82, 2.24) is 10.6 Å². The summed E-state index contributed by atoms with van der Waals surface area (Å²) in [5.74, 6) is -1.59. The lowest BCUT2D eigenvalue weighted by Gasteiger charge is -2.11. The number of alkyl halides is 2. The number of halogens is 2. The van der Waals surface area contributed by atoms with Gasteiger partial charge in [-0.3, -0.25) is 9.59 Å². The Kier molecular flexibility index (Phi) is 6.57. The third kappa shape index (κ3) is 6.82. The topological polar surface area (TPSA) is 58.2 Å². The van der Waals surface area contributed by atoms with Gasteiger partial charge >= 0.3 is 6.43 Å². The average molecular weight is 222 g/mol. The van der Waals surface area contributed by atoms with Crippen molar-refractivity contribution in [1.29, 1.82) is 0 Å². The van der Waals surface area contributed by atoms with E-state index in [-0.39, 0.29) is 24.9 Å². The maximum atomic E-state index is 11.7. The summed E-state index contributed by atoms with van der Waals surface area (Å²) in [4.78, 5) is 21.5. The molecule has 0 aliphatic heterocycles. The van der Waals surface area contributed by atoms with Gasteiger partial charge in [-0.15, -0.1) is 0 Å². The Bertz CT molecular complexity index is 222. The molecule has 15 heavy (non-hydrogen) atoms. The minimum absolute atomic E-state index is 0.0167. The van der Waals surface area contributed by atoms with Crippen molar-refractivity contribution in [3.05, 3.63) is 0 Å². The van der Waals surface area contributed by atoms with Gasteiger partial charge in [-0.2, -0.15) is 8.78 Å². The zero-order chi connectivity index (χ0) is 11.8. The monoisotopic (exact) mass is 222 g/mol. The molecular weight excluding hydrogens is 206 g/mol. The molecule has 88 valence electrons. The lowest BCUT2D eigenvalue weighted by Crippen LogP contribution is -2.36. The smallest absolute Gasteiger partial charge is 0.315 e. The van der Waals surface area contributed by atoms with E-state index in [2.05, 4.69) is 5.32 Å². The van der Waals surface area contributed by atoms with Crippen molar-refractivity contribution in [3.63, 3.8) is 0 Å². The van der Waals surface area contributed by atoms with E-state index >= 15 is 0 Å². The Hall–Kier alpha value is -1.20. The molecule has 0 bridgehead atoms. The van der Waals surface area contributed by atoms with Crippen molar-refractivity contribution in [2.24, 2.45) is 0 Å². The summed E-state index contributed by atoms with van der Waals surface area (Å²) in [7, 11) is 0. The predicted octanol–water partition coefficient (Wildman–Crippen LogP) is 0.672. The van der Waals surface area contributed by atoms with Crippen LogP contribution in [0.2, 0.25) is 0 Å². The minimum Gasteiger partial charge on any atom is -0.354 e. The van der Waals surface area contributed by atoms with Gasteiger partial charge in [-0.05, 0) is 13.3 Å². The van der Waals surface area contributed by atoms with Gasteiger partial charge in [0.2, 0.25) is 5.91 Å². The van der Waals surface area contributed by atoms with E-state index in [1.165, 1.54) is 0 Å². The van der Waals surface area contributed by atoms with Gasteiger partial charge in [0.05, 0.1) is 0 Å². The van der Waals surface area contributed by atoms with Crippen molar-refractivity contribution < 1.29 is 18.4 Å². The number of rotatable bonds is 6. The van der Waals surface area contributed by atoms with Crippen LogP contribution in [0.1, 0.15) is 26.7 Å². The van der Waals surface area contributed by atoms with Crippen molar-refractivity contribution >= 4 is 11.8 Å². The highest BCUT2D eigenvalue weighted by molar-refractivity contribution is 5.80. The fraction of sp³-hybridized carbons (Fsp3) is 0.778. The van der Waals surface area contributed by atoms with Gasteiger partial charge in [0, 0.05) is 19.0 Å².